The highest BCUT2D eigenvalue weighted by Gasteiger charge is 2.16. The molecule has 2 aromatic rings. The van der Waals surface area contributed by atoms with Crippen molar-refractivity contribution in [3.63, 3.8) is 0 Å². The highest BCUT2D eigenvalue weighted by molar-refractivity contribution is 5.63. The molecule has 1 aromatic heterocycles. The van der Waals surface area contributed by atoms with Gasteiger partial charge in [-0.1, -0.05) is 29.8 Å². The van der Waals surface area contributed by atoms with Crippen LogP contribution in [-0.4, -0.2) is 17.8 Å². The van der Waals surface area contributed by atoms with Crippen LogP contribution in [0.15, 0.2) is 41.3 Å². The molecule has 0 unspecified atom stereocenters. The summed E-state index contributed by atoms with van der Waals surface area (Å²) in [5.41, 5.74) is 4.46. The fraction of sp³-hybridized carbons (Fsp3) is 0.421. The lowest BCUT2D eigenvalue weighted by Gasteiger charge is -2.23. The van der Waals surface area contributed by atoms with Crippen LogP contribution in [0, 0.1) is 19.8 Å². The van der Waals surface area contributed by atoms with E-state index >= 15 is 0 Å². The Morgan fingerprint density at radius 2 is 1.77 bits per heavy atom. The molecule has 0 aliphatic carbocycles. The van der Waals surface area contributed by atoms with E-state index in [0.29, 0.717) is 5.92 Å². The van der Waals surface area contributed by atoms with E-state index in [-0.39, 0.29) is 5.56 Å². The van der Waals surface area contributed by atoms with E-state index in [1.165, 1.54) is 5.56 Å². The van der Waals surface area contributed by atoms with Crippen LogP contribution < -0.4 is 5.56 Å². The van der Waals surface area contributed by atoms with Crippen molar-refractivity contribution in [3.8, 4) is 11.1 Å². The second kappa shape index (κ2) is 6.49. The van der Waals surface area contributed by atoms with Gasteiger partial charge in [-0.3, -0.25) is 4.79 Å². The Morgan fingerprint density at radius 3 is 2.45 bits per heavy atom. The lowest BCUT2D eigenvalue weighted by atomic mass is 9.99. The van der Waals surface area contributed by atoms with Gasteiger partial charge in [0.1, 0.15) is 0 Å². The predicted octanol–water partition coefficient (Wildman–Crippen LogP) is 3.56. The van der Waals surface area contributed by atoms with Crippen LogP contribution in [0.2, 0.25) is 0 Å². The predicted molar refractivity (Wildman–Crippen MR) is 89.2 cm³/mol. The number of pyridine rings is 1. The highest BCUT2D eigenvalue weighted by atomic mass is 16.5. The largest absolute Gasteiger partial charge is 0.381 e. The van der Waals surface area contributed by atoms with Crippen LogP contribution in [0.5, 0.6) is 0 Å². The molecule has 0 bridgehead atoms. The van der Waals surface area contributed by atoms with Crippen LogP contribution in [0.3, 0.4) is 0 Å². The molecule has 0 N–H and O–H groups in total. The molecule has 3 rings (SSSR count). The topological polar surface area (TPSA) is 31.2 Å². The quantitative estimate of drug-likeness (QED) is 0.867. The molecule has 0 amide bonds. The fourth-order valence-electron chi connectivity index (χ4n) is 3.03. The van der Waals surface area contributed by atoms with Crippen molar-refractivity contribution < 1.29 is 4.74 Å². The zero-order valence-corrected chi connectivity index (χ0v) is 13.3. The Hall–Kier alpha value is -1.87. The monoisotopic (exact) mass is 297 g/mol. The Kier molecular flexibility index (Phi) is 4.44. The van der Waals surface area contributed by atoms with Gasteiger partial charge in [-0.15, -0.1) is 0 Å². The fourth-order valence-corrected chi connectivity index (χ4v) is 3.03. The minimum Gasteiger partial charge on any atom is -0.381 e. The number of hydrogen-bond acceptors (Lipinski definition) is 2. The highest BCUT2D eigenvalue weighted by Crippen LogP contribution is 2.21. The van der Waals surface area contributed by atoms with Gasteiger partial charge in [-0.2, -0.15) is 0 Å². The molecule has 22 heavy (non-hydrogen) atoms. The van der Waals surface area contributed by atoms with E-state index in [9.17, 15) is 4.79 Å². The van der Waals surface area contributed by atoms with Gasteiger partial charge in [-0.05, 0) is 49.8 Å². The van der Waals surface area contributed by atoms with E-state index in [0.717, 1.165) is 49.3 Å². The number of benzene rings is 1. The van der Waals surface area contributed by atoms with Crippen molar-refractivity contribution in [2.45, 2.75) is 33.2 Å². The molecule has 0 atom stereocenters. The smallest absolute Gasteiger partial charge is 0.253 e. The van der Waals surface area contributed by atoms with E-state index in [1.807, 2.05) is 23.8 Å². The maximum Gasteiger partial charge on any atom is 0.253 e. The molecule has 3 heteroatoms. The van der Waals surface area contributed by atoms with Crippen molar-refractivity contribution in [2.24, 2.45) is 5.92 Å². The molecule has 1 aliphatic rings. The van der Waals surface area contributed by atoms with Gasteiger partial charge < -0.3 is 9.30 Å². The molecule has 1 saturated heterocycles. The second-order valence-electron chi connectivity index (χ2n) is 6.29. The van der Waals surface area contributed by atoms with E-state index < -0.39 is 0 Å². The minimum absolute atomic E-state index is 0.127. The average molecular weight is 297 g/mol. The standard InChI is InChI=1S/C19H23NO2/c1-14-3-5-17(6-4-14)18-11-15(2)19(21)20(13-18)12-16-7-9-22-10-8-16/h3-6,11,13,16H,7-10,12H2,1-2H3. The molecule has 3 nitrogen and oxygen atoms in total. The van der Waals surface area contributed by atoms with Gasteiger partial charge in [-0.25, -0.2) is 0 Å². The average Bonchev–Trinajstić information content (AvgIpc) is 2.53. The summed E-state index contributed by atoms with van der Waals surface area (Å²) in [7, 11) is 0. The molecule has 2 heterocycles. The SMILES string of the molecule is Cc1ccc(-c2cc(C)c(=O)n(CC3CCOCC3)c2)cc1. The summed E-state index contributed by atoms with van der Waals surface area (Å²) in [5, 5.41) is 0. The minimum atomic E-state index is 0.127. The summed E-state index contributed by atoms with van der Waals surface area (Å²) >= 11 is 0. The maximum absolute atomic E-state index is 12.4. The second-order valence-corrected chi connectivity index (χ2v) is 6.29. The third-order valence-electron chi connectivity index (χ3n) is 4.45. The molecule has 0 radical (unpaired) electrons. The Morgan fingerprint density at radius 1 is 1.09 bits per heavy atom. The maximum atomic E-state index is 12.4. The number of hydrogen-bond donors (Lipinski definition) is 0. The van der Waals surface area contributed by atoms with Gasteiger partial charge in [0.25, 0.3) is 5.56 Å². The molecular formula is C19H23NO2. The van der Waals surface area contributed by atoms with Crippen molar-refractivity contribution in [2.75, 3.05) is 13.2 Å². The zero-order chi connectivity index (χ0) is 15.5. The van der Waals surface area contributed by atoms with Gasteiger partial charge in [0, 0.05) is 31.5 Å². The molecule has 1 fully saturated rings. The summed E-state index contributed by atoms with van der Waals surface area (Å²) in [6, 6.07) is 10.4. The first kappa shape index (κ1) is 15.0. The first-order valence-corrected chi connectivity index (χ1v) is 7.99. The molecule has 0 spiro atoms. The van der Waals surface area contributed by atoms with Crippen molar-refractivity contribution >= 4 is 0 Å². The number of aryl methyl sites for hydroxylation is 2. The van der Waals surface area contributed by atoms with E-state index in [4.69, 9.17) is 4.74 Å². The van der Waals surface area contributed by atoms with Gasteiger partial charge in [0.15, 0.2) is 0 Å². The van der Waals surface area contributed by atoms with Crippen molar-refractivity contribution in [1.29, 1.82) is 0 Å². The number of nitrogens with zero attached hydrogens (tertiary/aromatic N) is 1. The molecule has 116 valence electrons. The Balaban J connectivity index is 1.92. The third kappa shape index (κ3) is 3.30. The number of aromatic nitrogens is 1. The third-order valence-corrected chi connectivity index (χ3v) is 4.45. The van der Waals surface area contributed by atoms with Crippen LogP contribution >= 0.6 is 0 Å². The molecular weight excluding hydrogens is 274 g/mol. The summed E-state index contributed by atoms with van der Waals surface area (Å²) in [4.78, 5) is 12.4. The first-order valence-electron chi connectivity index (χ1n) is 7.99. The Bertz CT molecular complexity index is 694. The van der Waals surface area contributed by atoms with E-state index in [2.05, 4.69) is 31.2 Å². The van der Waals surface area contributed by atoms with Crippen molar-refractivity contribution in [1.82, 2.24) is 4.57 Å². The van der Waals surface area contributed by atoms with Crippen LogP contribution in [-0.2, 0) is 11.3 Å². The summed E-state index contributed by atoms with van der Waals surface area (Å²) in [6.07, 6.45) is 4.09. The summed E-state index contributed by atoms with van der Waals surface area (Å²) < 4.78 is 7.30. The van der Waals surface area contributed by atoms with E-state index in [1.54, 1.807) is 0 Å². The van der Waals surface area contributed by atoms with Gasteiger partial charge in [0.2, 0.25) is 0 Å². The van der Waals surface area contributed by atoms with Crippen molar-refractivity contribution in [3.05, 3.63) is 58.0 Å². The van der Waals surface area contributed by atoms with Crippen LogP contribution in [0.4, 0.5) is 0 Å². The first-order chi connectivity index (χ1) is 10.6. The molecule has 1 aromatic carbocycles. The van der Waals surface area contributed by atoms with Gasteiger partial charge in [0.05, 0.1) is 0 Å². The summed E-state index contributed by atoms with van der Waals surface area (Å²) in [5.74, 6) is 0.541. The number of ether oxygens (including phenoxy) is 1. The Labute approximate surface area is 131 Å². The number of rotatable bonds is 3. The molecule has 1 aliphatic heterocycles. The van der Waals surface area contributed by atoms with Crippen LogP contribution in [0.25, 0.3) is 11.1 Å². The summed E-state index contributed by atoms with van der Waals surface area (Å²) in [6.45, 7) is 6.41. The lowest BCUT2D eigenvalue weighted by Crippen LogP contribution is -2.28. The van der Waals surface area contributed by atoms with Gasteiger partial charge >= 0.3 is 0 Å². The lowest BCUT2D eigenvalue weighted by molar-refractivity contribution is 0.0609. The normalized spacial score (nSPS) is 15.9. The van der Waals surface area contributed by atoms with Crippen LogP contribution in [0.1, 0.15) is 24.0 Å². The zero-order valence-electron chi connectivity index (χ0n) is 13.3. The molecule has 0 saturated carbocycles.